The molecule has 1 fully saturated rings. The van der Waals surface area contributed by atoms with E-state index in [0.717, 1.165) is 47.4 Å². The summed E-state index contributed by atoms with van der Waals surface area (Å²) in [5, 5.41) is 7.83. The Hall–Kier alpha value is -1.53. The summed E-state index contributed by atoms with van der Waals surface area (Å²) in [5.74, 6) is 2.85. The van der Waals surface area contributed by atoms with Crippen molar-refractivity contribution >= 4 is 29.3 Å². The van der Waals surface area contributed by atoms with Crippen molar-refractivity contribution in [3.63, 3.8) is 0 Å². The summed E-state index contributed by atoms with van der Waals surface area (Å²) in [6.07, 6.45) is 1.93. The van der Waals surface area contributed by atoms with Gasteiger partial charge >= 0.3 is 0 Å². The SMILES string of the molecule is Cc1nc(C2CCCN2C(=O)CSCc2ccccc2Cl)n[nH]1. The minimum atomic E-state index is 0.00774. The van der Waals surface area contributed by atoms with E-state index in [0.29, 0.717) is 5.75 Å². The maximum absolute atomic E-state index is 12.5. The largest absolute Gasteiger partial charge is 0.332 e. The van der Waals surface area contributed by atoms with Gasteiger partial charge in [-0.2, -0.15) is 5.10 Å². The molecule has 0 bridgehead atoms. The molecule has 1 unspecified atom stereocenters. The van der Waals surface area contributed by atoms with Crippen LogP contribution >= 0.6 is 23.4 Å². The molecule has 23 heavy (non-hydrogen) atoms. The number of carbonyl (C=O) groups excluding carboxylic acids is 1. The number of amides is 1. The summed E-state index contributed by atoms with van der Waals surface area (Å²) < 4.78 is 0. The van der Waals surface area contributed by atoms with Gasteiger partial charge in [0.15, 0.2) is 5.82 Å². The number of thioether (sulfide) groups is 1. The molecule has 0 radical (unpaired) electrons. The van der Waals surface area contributed by atoms with Gasteiger partial charge < -0.3 is 4.90 Å². The highest BCUT2D eigenvalue weighted by molar-refractivity contribution is 7.99. The van der Waals surface area contributed by atoms with Crippen LogP contribution in [0, 0.1) is 6.92 Å². The van der Waals surface area contributed by atoms with E-state index < -0.39 is 0 Å². The Morgan fingerprint density at radius 3 is 3.04 bits per heavy atom. The van der Waals surface area contributed by atoms with E-state index in [2.05, 4.69) is 15.2 Å². The summed E-state index contributed by atoms with van der Waals surface area (Å²) in [4.78, 5) is 18.8. The number of aryl methyl sites for hydroxylation is 1. The Balaban J connectivity index is 1.56. The average Bonchev–Trinajstić information content (AvgIpc) is 3.17. The number of aromatic nitrogens is 3. The zero-order chi connectivity index (χ0) is 16.2. The van der Waals surface area contributed by atoms with E-state index in [1.54, 1.807) is 11.8 Å². The second-order valence-electron chi connectivity index (χ2n) is 5.61. The van der Waals surface area contributed by atoms with Crippen LogP contribution in [0.3, 0.4) is 0 Å². The number of H-pyrrole nitrogens is 1. The van der Waals surface area contributed by atoms with Crippen molar-refractivity contribution in [2.24, 2.45) is 0 Å². The van der Waals surface area contributed by atoms with E-state index in [-0.39, 0.29) is 11.9 Å². The van der Waals surface area contributed by atoms with Crippen LogP contribution in [0.15, 0.2) is 24.3 Å². The fraction of sp³-hybridized carbons (Fsp3) is 0.438. The highest BCUT2D eigenvalue weighted by atomic mass is 35.5. The summed E-state index contributed by atoms with van der Waals surface area (Å²) >= 11 is 7.74. The standard InChI is InChI=1S/C16H19ClN4OS/c1-11-18-16(20-19-11)14-7-4-8-21(14)15(22)10-23-9-12-5-2-3-6-13(12)17/h2-3,5-6,14H,4,7-10H2,1H3,(H,18,19,20). The molecule has 1 aliphatic rings. The number of hydrogen-bond acceptors (Lipinski definition) is 4. The maximum atomic E-state index is 12.5. The van der Waals surface area contributed by atoms with Crippen LogP contribution in [-0.4, -0.2) is 38.3 Å². The molecule has 2 heterocycles. The molecular weight excluding hydrogens is 332 g/mol. The number of hydrogen-bond donors (Lipinski definition) is 1. The fourth-order valence-corrected chi connectivity index (χ4v) is 3.99. The van der Waals surface area contributed by atoms with Gasteiger partial charge in [0, 0.05) is 17.3 Å². The zero-order valence-corrected chi connectivity index (χ0v) is 14.5. The topological polar surface area (TPSA) is 61.9 Å². The molecule has 1 saturated heterocycles. The molecule has 1 N–H and O–H groups in total. The Labute approximate surface area is 144 Å². The van der Waals surface area contributed by atoms with Gasteiger partial charge in [-0.05, 0) is 31.4 Å². The lowest BCUT2D eigenvalue weighted by Gasteiger charge is -2.22. The number of rotatable bonds is 5. The molecule has 0 aliphatic carbocycles. The Morgan fingerprint density at radius 2 is 2.30 bits per heavy atom. The van der Waals surface area contributed by atoms with E-state index in [1.807, 2.05) is 36.1 Å². The highest BCUT2D eigenvalue weighted by Gasteiger charge is 2.32. The molecule has 0 saturated carbocycles. The third-order valence-corrected chi connectivity index (χ3v) is 5.26. The molecule has 1 aromatic carbocycles. The van der Waals surface area contributed by atoms with E-state index in [1.165, 1.54) is 0 Å². The van der Waals surface area contributed by atoms with Crippen molar-refractivity contribution in [2.45, 2.75) is 31.6 Å². The van der Waals surface area contributed by atoms with Gasteiger partial charge in [0.25, 0.3) is 0 Å². The van der Waals surface area contributed by atoms with Gasteiger partial charge in [-0.15, -0.1) is 11.8 Å². The van der Waals surface area contributed by atoms with Gasteiger partial charge in [0.1, 0.15) is 5.82 Å². The smallest absolute Gasteiger partial charge is 0.233 e. The predicted molar refractivity (Wildman–Crippen MR) is 92.4 cm³/mol. The van der Waals surface area contributed by atoms with Crippen molar-refractivity contribution in [1.29, 1.82) is 0 Å². The van der Waals surface area contributed by atoms with Crippen LogP contribution in [0.4, 0.5) is 0 Å². The van der Waals surface area contributed by atoms with Crippen LogP contribution < -0.4 is 0 Å². The van der Waals surface area contributed by atoms with E-state index >= 15 is 0 Å². The number of aromatic amines is 1. The average molecular weight is 351 g/mol. The second kappa shape index (κ2) is 7.36. The summed E-state index contributed by atoms with van der Waals surface area (Å²) in [7, 11) is 0. The van der Waals surface area contributed by atoms with Gasteiger partial charge in [-0.3, -0.25) is 9.89 Å². The van der Waals surface area contributed by atoms with Gasteiger partial charge in [0.05, 0.1) is 11.8 Å². The normalized spacial score (nSPS) is 17.7. The number of halogens is 1. The molecule has 1 atom stereocenters. The third kappa shape index (κ3) is 3.87. The summed E-state index contributed by atoms with van der Waals surface area (Å²) in [6, 6.07) is 7.76. The van der Waals surface area contributed by atoms with Crippen molar-refractivity contribution in [2.75, 3.05) is 12.3 Å². The first-order chi connectivity index (χ1) is 11.1. The first-order valence-corrected chi connectivity index (χ1v) is 9.18. The third-order valence-electron chi connectivity index (χ3n) is 3.93. The second-order valence-corrected chi connectivity index (χ2v) is 7.00. The molecule has 0 spiro atoms. The quantitative estimate of drug-likeness (QED) is 0.898. The molecule has 5 nitrogen and oxygen atoms in total. The fourth-order valence-electron chi connectivity index (χ4n) is 2.79. The Kier molecular flexibility index (Phi) is 5.23. The monoisotopic (exact) mass is 350 g/mol. The number of nitrogens with zero attached hydrogens (tertiary/aromatic N) is 3. The number of benzene rings is 1. The molecule has 1 aromatic heterocycles. The van der Waals surface area contributed by atoms with Crippen LogP contribution in [0.25, 0.3) is 0 Å². The number of likely N-dealkylation sites (tertiary alicyclic amines) is 1. The minimum absolute atomic E-state index is 0.00774. The highest BCUT2D eigenvalue weighted by Crippen LogP contribution is 2.30. The first-order valence-electron chi connectivity index (χ1n) is 7.64. The number of nitrogens with one attached hydrogen (secondary N) is 1. The minimum Gasteiger partial charge on any atom is -0.332 e. The van der Waals surface area contributed by atoms with E-state index in [4.69, 9.17) is 11.6 Å². The van der Waals surface area contributed by atoms with Crippen molar-refractivity contribution in [3.05, 3.63) is 46.5 Å². The molecule has 3 rings (SSSR count). The summed E-state index contributed by atoms with van der Waals surface area (Å²) in [6.45, 7) is 2.65. The Bertz CT molecular complexity index is 690. The number of carbonyl (C=O) groups is 1. The predicted octanol–water partition coefficient (Wildman–Crippen LogP) is 3.36. The van der Waals surface area contributed by atoms with Crippen molar-refractivity contribution in [3.8, 4) is 0 Å². The lowest BCUT2D eigenvalue weighted by atomic mass is 10.2. The van der Waals surface area contributed by atoms with Gasteiger partial charge in [-0.1, -0.05) is 29.8 Å². The van der Waals surface area contributed by atoms with Crippen molar-refractivity contribution in [1.82, 2.24) is 20.1 Å². The van der Waals surface area contributed by atoms with Crippen LogP contribution in [-0.2, 0) is 10.5 Å². The van der Waals surface area contributed by atoms with Gasteiger partial charge in [0.2, 0.25) is 5.91 Å². The summed E-state index contributed by atoms with van der Waals surface area (Å²) in [5.41, 5.74) is 1.06. The van der Waals surface area contributed by atoms with Crippen LogP contribution in [0.2, 0.25) is 5.02 Å². The van der Waals surface area contributed by atoms with Crippen molar-refractivity contribution < 1.29 is 4.79 Å². The molecule has 122 valence electrons. The molecule has 2 aromatic rings. The zero-order valence-electron chi connectivity index (χ0n) is 13.0. The molecule has 1 aliphatic heterocycles. The van der Waals surface area contributed by atoms with Crippen LogP contribution in [0.1, 0.15) is 36.1 Å². The molecule has 7 heteroatoms. The first kappa shape index (κ1) is 16.3. The molecular formula is C16H19ClN4OS. The lowest BCUT2D eigenvalue weighted by Crippen LogP contribution is -2.32. The lowest BCUT2D eigenvalue weighted by molar-refractivity contribution is -0.129. The Morgan fingerprint density at radius 1 is 1.48 bits per heavy atom. The van der Waals surface area contributed by atoms with E-state index in [9.17, 15) is 4.79 Å². The van der Waals surface area contributed by atoms with Crippen LogP contribution in [0.5, 0.6) is 0 Å². The van der Waals surface area contributed by atoms with Gasteiger partial charge in [-0.25, -0.2) is 4.98 Å². The maximum Gasteiger partial charge on any atom is 0.233 e. The molecule has 1 amide bonds.